The molecule has 0 fully saturated rings. The molecule has 0 heterocycles. The van der Waals surface area contributed by atoms with Crippen LogP contribution in [0.4, 0.5) is 0 Å². The molecule has 6 nitrogen and oxygen atoms in total. The van der Waals surface area contributed by atoms with Crippen LogP contribution in [-0.2, 0) is 26.6 Å². The average Bonchev–Trinajstić information content (AvgIpc) is 2.85. The predicted octanol–water partition coefficient (Wildman–Crippen LogP) is 8.79. The van der Waals surface area contributed by atoms with Crippen molar-refractivity contribution < 1.29 is 26.6 Å². The summed E-state index contributed by atoms with van der Waals surface area (Å²) in [7, 11) is -4.73. The van der Waals surface area contributed by atoms with E-state index in [2.05, 4.69) is 13.8 Å². The monoisotopic (exact) mass is 552 g/mol. The maximum Gasteiger partial charge on any atom is 0.500 e. The first kappa shape index (κ1) is 38.3. The molecule has 36 heavy (non-hydrogen) atoms. The topological polar surface area (TPSA) is 55.4 Å². The van der Waals surface area contributed by atoms with Gasteiger partial charge in [-0.25, -0.2) is 0 Å². The van der Waals surface area contributed by atoms with Crippen LogP contribution >= 0.6 is 0 Å². The highest BCUT2D eigenvalue weighted by atomic mass is 28.4. The Morgan fingerprint density at radius 2 is 0.528 bits per heavy atom. The highest BCUT2D eigenvalue weighted by Crippen LogP contribution is 2.21. The molecule has 0 atom stereocenters. The summed E-state index contributed by atoms with van der Waals surface area (Å²) in [4.78, 5) is 0. The summed E-state index contributed by atoms with van der Waals surface area (Å²) < 4.78 is 35.0. The summed E-state index contributed by atoms with van der Waals surface area (Å²) in [6.45, 7) is 20.7. The molecule has 0 unspecified atom stereocenters. The van der Waals surface area contributed by atoms with Crippen LogP contribution in [0.15, 0.2) is 0 Å². The Labute approximate surface area is 228 Å². The Kier molecular flexibility index (Phi) is 30.0. The van der Waals surface area contributed by atoms with Gasteiger partial charge in [-0.05, 0) is 54.4 Å². The first-order valence-corrected chi connectivity index (χ1v) is 19.2. The van der Waals surface area contributed by atoms with Gasteiger partial charge >= 0.3 is 17.6 Å². The second-order valence-corrected chi connectivity index (χ2v) is 14.5. The van der Waals surface area contributed by atoms with E-state index in [1.807, 2.05) is 41.5 Å². The molecule has 0 aromatic rings. The molecule has 0 saturated heterocycles. The molecule has 0 saturated carbocycles. The van der Waals surface area contributed by atoms with Crippen LogP contribution in [0, 0.1) is 0 Å². The summed E-state index contributed by atoms with van der Waals surface area (Å²) >= 11 is 0. The van der Waals surface area contributed by atoms with Crippen LogP contribution in [0.3, 0.4) is 0 Å². The molecule has 0 rings (SSSR count). The van der Waals surface area contributed by atoms with E-state index < -0.39 is 17.6 Å². The van der Waals surface area contributed by atoms with Gasteiger partial charge in [0, 0.05) is 51.7 Å². The summed E-state index contributed by atoms with van der Waals surface area (Å²) in [5.74, 6) is 0. The number of unbranched alkanes of at least 4 members (excludes halogenated alkanes) is 10. The van der Waals surface area contributed by atoms with Crippen LogP contribution in [0.2, 0.25) is 12.1 Å². The lowest BCUT2D eigenvalue weighted by Crippen LogP contribution is -2.45. The zero-order chi connectivity index (χ0) is 27.4. The first-order valence-electron chi connectivity index (χ1n) is 15.3. The van der Waals surface area contributed by atoms with E-state index >= 15 is 0 Å². The van der Waals surface area contributed by atoms with Crippen molar-refractivity contribution in [2.24, 2.45) is 0 Å². The Bertz CT molecular complexity index is 357. The molecule has 0 aliphatic carbocycles. The smallest absolute Gasteiger partial charge is 0.374 e. The maximum atomic E-state index is 5.83. The van der Waals surface area contributed by atoms with E-state index in [0.717, 1.165) is 24.9 Å². The van der Waals surface area contributed by atoms with Gasteiger partial charge in [-0.3, -0.25) is 0 Å². The molecule has 0 aromatic carbocycles. The van der Waals surface area contributed by atoms with E-state index in [-0.39, 0.29) is 0 Å². The second-order valence-electron chi connectivity index (χ2n) is 9.00. The fourth-order valence-corrected chi connectivity index (χ4v) is 9.62. The third kappa shape index (κ3) is 21.2. The standard InChI is InChI=1S/2C14H32O3Si/c2*1-5-9-10-11-12-13-14-18(15-6-2,16-7-3)17-8-4/h2*5-14H2,1-4H3. The van der Waals surface area contributed by atoms with E-state index in [4.69, 9.17) is 26.6 Å². The highest BCUT2D eigenvalue weighted by molar-refractivity contribution is 6.61. The van der Waals surface area contributed by atoms with Gasteiger partial charge in [-0.1, -0.05) is 78.1 Å². The van der Waals surface area contributed by atoms with Crippen molar-refractivity contribution in [2.75, 3.05) is 39.6 Å². The molecule has 0 N–H and O–H groups in total. The highest BCUT2D eigenvalue weighted by Gasteiger charge is 2.40. The Balaban J connectivity index is 0. The first-order chi connectivity index (χ1) is 17.5. The molecule has 220 valence electrons. The predicted molar refractivity (Wildman–Crippen MR) is 158 cm³/mol. The SMILES string of the molecule is CCCCCCCC[Si](OCC)(OCC)OCC.CCCCCCCC[Si](OCC)(OCC)OCC. The Morgan fingerprint density at radius 1 is 0.306 bits per heavy atom. The molecule has 0 aromatic heterocycles. The molecule has 0 aliphatic heterocycles. The zero-order valence-corrected chi connectivity index (χ0v) is 27.6. The molecule has 0 bridgehead atoms. The van der Waals surface area contributed by atoms with Crippen LogP contribution in [0.25, 0.3) is 0 Å². The number of hydrogen-bond acceptors (Lipinski definition) is 6. The molecular formula is C28H64O6Si2. The van der Waals surface area contributed by atoms with Gasteiger partial charge in [0.1, 0.15) is 0 Å². The van der Waals surface area contributed by atoms with Crippen molar-refractivity contribution in [2.45, 2.75) is 145 Å². The lowest BCUT2D eigenvalue weighted by molar-refractivity contribution is 0.0698. The number of hydrogen-bond donors (Lipinski definition) is 0. The van der Waals surface area contributed by atoms with Crippen molar-refractivity contribution >= 4 is 17.6 Å². The van der Waals surface area contributed by atoms with E-state index in [1.54, 1.807) is 0 Å². The fraction of sp³-hybridized carbons (Fsp3) is 1.00. The van der Waals surface area contributed by atoms with Gasteiger partial charge < -0.3 is 26.6 Å². The third-order valence-corrected chi connectivity index (χ3v) is 12.2. The van der Waals surface area contributed by atoms with Crippen LogP contribution in [-0.4, -0.2) is 57.3 Å². The fourth-order valence-electron chi connectivity index (χ4n) is 4.25. The minimum atomic E-state index is -2.36. The van der Waals surface area contributed by atoms with E-state index in [0.29, 0.717) is 39.6 Å². The van der Waals surface area contributed by atoms with Gasteiger partial charge in [0.05, 0.1) is 0 Å². The summed E-state index contributed by atoms with van der Waals surface area (Å²) in [5.41, 5.74) is 0. The molecule has 0 amide bonds. The van der Waals surface area contributed by atoms with Crippen LogP contribution < -0.4 is 0 Å². The molecule has 0 spiro atoms. The second kappa shape index (κ2) is 28.2. The largest absolute Gasteiger partial charge is 0.500 e. The van der Waals surface area contributed by atoms with Crippen LogP contribution in [0.5, 0.6) is 0 Å². The third-order valence-electron chi connectivity index (χ3n) is 5.86. The number of rotatable bonds is 26. The van der Waals surface area contributed by atoms with E-state index in [1.165, 1.54) is 64.2 Å². The normalized spacial score (nSPS) is 12.0. The molecule has 8 heteroatoms. The quantitative estimate of drug-likeness (QED) is 0.0789. The minimum absolute atomic E-state index is 0.683. The lowest BCUT2D eigenvalue weighted by Gasteiger charge is -2.28. The van der Waals surface area contributed by atoms with E-state index in [9.17, 15) is 0 Å². The van der Waals surface area contributed by atoms with Gasteiger partial charge in [0.25, 0.3) is 0 Å². The van der Waals surface area contributed by atoms with Crippen molar-refractivity contribution in [1.82, 2.24) is 0 Å². The maximum absolute atomic E-state index is 5.83. The van der Waals surface area contributed by atoms with Gasteiger partial charge in [0.15, 0.2) is 0 Å². The van der Waals surface area contributed by atoms with Gasteiger partial charge in [-0.15, -0.1) is 0 Å². The summed E-state index contributed by atoms with van der Waals surface area (Å²) in [6.07, 6.45) is 15.5. The summed E-state index contributed by atoms with van der Waals surface area (Å²) in [5, 5.41) is 0. The Morgan fingerprint density at radius 3 is 0.750 bits per heavy atom. The lowest BCUT2D eigenvalue weighted by atomic mass is 10.1. The van der Waals surface area contributed by atoms with Crippen LogP contribution in [0.1, 0.15) is 132 Å². The van der Waals surface area contributed by atoms with Crippen molar-refractivity contribution in [3.8, 4) is 0 Å². The molecule has 0 radical (unpaired) electrons. The van der Waals surface area contributed by atoms with Crippen molar-refractivity contribution in [1.29, 1.82) is 0 Å². The van der Waals surface area contributed by atoms with Crippen molar-refractivity contribution in [3.05, 3.63) is 0 Å². The Hall–Kier alpha value is 0.194. The molecule has 0 aliphatic rings. The van der Waals surface area contributed by atoms with Crippen molar-refractivity contribution in [3.63, 3.8) is 0 Å². The van der Waals surface area contributed by atoms with Gasteiger partial charge in [-0.2, -0.15) is 0 Å². The zero-order valence-electron chi connectivity index (χ0n) is 25.6. The van der Waals surface area contributed by atoms with Gasteiger partial charge in [0.2, 0.25) is 0 Å². The summed E-state index contributed by atoms with van der Waals surface area (Å²) in [6, 6.07) is 1.93. The average molecular weight is 553 g/mol. The molecular weight excluding hydrogens is 488 g/mol. The minimum Gasteiger partial charge on any atom is -0.374 e.